The van der Waals surface area contributed by atoms with Crippen molar-refractivity contribution in [2.75, 3.05) is 25.1 Å². The Morgan fingerprint density at radius 1 is 1.21 bits per heavy atom. The first-order valence-electron chi connectivity index (χ1n) is 11.2. The Morgan fingerprint density at radius 2 is 2.03 bits per heavy atom. The second-order valence-electron chi connectivity index (χ2n) is 8.54. The van der Waals surface area contributed by atoms with E-state index < -0.39 is 0 Å². The maximum absolute atomic E-state index is 12.5. The molecule has 2 aromatic heterocycles. The molecule has 33 heavy (non-hydrogen) atoms. The molecule has 170 valence electrons. The minimum atomic E-state index is -0.147. The Kier molecular flexibility index (Phi) is 5.93. The molecule has 0 radical (unpaired) electrons. The molecule has 8 nitrogen and oxygen atoms in total. The number of nitrogens with one attached hydrogen (secondary N) is 2. The van der Waals surface area contributed by atoms with Crippen molar-refractivity contribution in [3.05, 3.63) is 71.7 Å². The molecule has 1 saturated heterocycles. The second kappa shape index (κ2) is 9.17. The number of ether oxygens (including phenoxy) is 1. The first kappa shape index (κ1) is 21.4. The summed E-state index contributed by atoms with van der Waals surface area (Å²) in [5.41, 5.74) is 4.70. The minimum absolute atomic E-state index is 0.0224. The zero-order valence-electron chi connectivity index (χ0n) is 18.7. The average molecular weight is 446 g/mol. The monoisotopic (exact) mass is 445 g/mol. The number of hydrogen-bond donors (Lipinski definition) is 2. The standard InChI is InChI=1S/C25H27N5O3/c1-16(2)20-14-24(33-29-20)28-23(31)13-17-7-9-18(10-8-17)30-22-6-4-3-5-19(22)27-25(30)21-15-32-12-11-26-21/h3-10,14,16,21,26H,11-13,15H2,1-2H3,(H,28,31). The topological polar surface area (TPSA) is 94.2 Å². The number of carbonyl (C=O) groups excluding carboxylic acids is 1. The summed E-state index contributed by atoms with van der Waals surface area (Å²) in [6.07, 6.45) is 0.244. The number of carbonyl (C=O) groups is 1. The van der Waals surface area contributed by atoms with Crippen LogP contribution in [-0.4, -0.2) is 40.4 Å². The summed E-state index contributed by atoms with van der Waals surface area (Å²) in [6, 6.07) is 17.9. The number of imidazole rings is 1. The number of anilines is 1. The van der Waals surface area contributed by atoms with Gasteiger partial charge in [-0.05, 0) is 35.7 Å². The van der Waals surface area contributed by atoms with Crippen LogP contribution in [0.25, 0.3) is 16.7 Å². The van der Waals surface area contributed by atoms with E-state index in [4.69, 9.17) is 14.2 Å². The van der Waals surface area contributed by atoms with Crippen molar-refractivity contribution in [3.63, 3.8) is 0 Å². The number of fused-ring (bicyclic) bond motifs is 1. The first-order chi connectivity index (χ1) is 16.1. The lowest BCUT2D eigenvalue weighted by Gasteiger charge is -2.24. The van der Waals surface area contributed by atoms with Gasteiger partial charge in [-0.2, -0.15) is 0 Å². The number of rotatable bonds is 6. The van der Waals surface area contributed by atoms with Gasteiger partial charge in [0.15, 0.2) is 0 Å². The molecular formula is C25H27N5O3. The summed E-state index contributed by atoms with van der Waals surface area (Å²) in [5, 5.41) is 10.3. The quantitative estimate of drug-likeness (QED) is 0.466. The molecule has 5 rings (SSSR count). The molecule has 0 spiro atoms. The van der Waals surface area contributed by atoms with Crippen molar-refractivity contribution >= 4 is 22.8 Å². The lowest BCUT2D eigenvalue weighted by Crippen LogP contribution is -2.36. The molecule has 4 aromatic rings. The third kappa shape index (κ3) is 4.53. The van der Waals surface area contributed by atoms with E-state index in [0.717, 1.165) is 40.3 Å². The van der Waals surface area contributed by atoms with Crippen molar-refractivity contribution in [1.82, 2.24) is 20.0 Å². The molecule has 1 aliphatic rings. The average Bonchev–Trinajstić information content (AvgIpc) is 3.45. The minimum Gasteiger partial charge on any atom is -0.378 e. The van der Waals surface area contributed by atoms with E-state index in [-0.39, 0.29) is 24.3 Å². The predicted molar refractivity (Wildman–Crippen MR) is 126 cm³/mol. The number of morpholine rings is 1. The van der Waals surface area contributed by atoms with Gasteiger partial charge in [0.1, 0.15) is 5.82 Å². The highest BCUT2D eigenvalue weighted by Crippen LogP contribution is 2.27. The van der Waals surface area contributed by atoms with E-state index in [9.17, 15) is 4.79 Å². The van der Waals surface area contributed by atoms with E-state index in [0.29, 0.717) is 19.1 Å². The number of amides is 1. The van der Waals surface area contributed by atoms with Crippen molar-refractivity contribution in [2.24, 2.45) is 0 Å². The lowest BCUT2D eigenvalue weighted by atomic mass is 10.1. The van der Waals surface area contributed by atoms with Gasteiger partial charge in [0.2, 0.25) is 11.8 Å². The molecule has 3 heterocycles. The van der Waals surface area contributed by atoms with Crippen LogP contribution < -0.4 is 10.6 Å². The highest BCUT2D eigenvalue weighted by Gasteiger charge is 2.23. The lowest BCUT2D eigenvalue weighted by molar-refractivity contribution is -0.115. The number of benzene rings is 2. The number of para-hydroxylation sites is 2. The summed E-state index contributed by atoms with van der Waals surface area (Å²) in [7, 11) is 0. The zero-order valence-corrected chi connectivity index (χ0v) is 18.7. The highest BCUT2D eigenvalue weighted by atomic mass is 16.5. The molecule has 2 N–H and O–H groups in total. The molecule has 0 aliphatic carbocycles. The van der Waals surface area contributed by atoms with Crippen LogP contribution in [0.4, 0.5) is 5.88 Å². The van der Waals surface area contributed by atoms with Crippen LogP contribution in [0.5, 0.6) is 0 Å². The van der Waals surface area contributed by atoms with Gasteiger partial charge in [-0.15, -0.1) is 0 Å². The molecule has 0 bridgehead atoms. The van der Waals surface area contributed by atoms with E-state index >= 15 is 0 Å². The number of aromatic nitrogens is 3. The zero-order chi connectivity index (χ0) is 22.8. The third-order valence-corrected chi connectivity index (χ3v) is 5.76. The van der Waals surface area contributed by atoms with Gasteiger partial charge in [0, 0.05) is 18.3 Å². The van der Waals surface area contributed by atoms with Crippen molar-refractivity contribution in [3.8, 4) is 5.69 Å². The van der Waals surface area contributed by atoms with Crippen LogP contribution in [0, 0.1) is 0 Å². The molecule has 1 amide bonds. The van der Waals surface area contributed by atoms with Gasteiger partial charge in [-0.3, -0.25) is 14.7 Å². The van der Waals surface area contributed by atoms with E-state index in [1.807, 2.05) is 56.3 Å². The maximum atomic E-state index is 12.5. The molecule has 1 unspecified atom stereocenters. The van der Waals surface area contributed by atoms with Gasteiger partial charge >= 0.3 is 0 Å². The van der Waals surface area contributed by atoms with Crippen LogP contribution >= 0.6 is 0 Å². The summed E-state index contributed by atoms with van der Waals surface area (Å²) in [5.74, 6) is 1.39. The van der Waals surface area contributed by atoms with Crippen molar-refractivity contribution in [2.45, 2.75) is 32.2 Å². The molecule has 1 atom stereocenters. The Bertz CT molecular complexity index is 1250. The molecule has 1 fully saturated rings. The predicted octanol–water partition coefficient (Wildman–Crippen LogP) is 3.98. The molecule has 2 aromatic carbocycles. The van der Waals surface area contributed by atoms with Gasteiger partial charge < -0.3 is 14.6 Å². The highest BCUT2D eigenvalue weighted by molar-refractivity contribution is 5.91. The summed E-state index contributed by atoms with van der Waals surface area (Å²) < 4.78 is 13.0. The van der Waals surface area contributed by atoms with Gasteiger partial charge in [0.05, 0.1) is 42.4 Å². The fraction of sp³-hybridized carbons (Fsp3) is 0.320. The van der Waals surface area contributed by atoms with Gasteiger partial charge in [-0.1, -0.05) is 43.3 Å². The Labute approximate surface area is 191 Å². The van der Waals surface area contributed by atoms with Crippen molar-refractivity contribution in [1.29, 1.82) is 0 Å². The SMILES string of the molecule is CC(C)c1cc(NC(=O)Cc2ccc(-n3c(C4COCCN4)nc4ccccc43)cc2)on1. The molecule has 8 heteroatoms. The fourth-order valence-electron chi connectivity index (χ4n) is 4.03. The smallest absolute Gasteiger partial charge is 0.231 e. The van der Waals surface area contributed by atoms with Crippen LogP contribution in [0.15, 0.2) is 59.1 Å². The van der Waals surface area contributed by atoms with Crippen LogP contribution in [0.3, 0.4) is 0 Å². The third-order valence-electron chi connectivity index (χ3n) is 5.76. The van der Waals surface area contributed by atoms with Crippen LogP contribution in [0.1, 0.15) is 42.9 Å². The van der Waals surface area contributed by atoms with E-state index in [1.165, 1.54) is 0 Å². The molecule has 0 saturated carbocycles. The number of nitrogens with zero attached hydrogens (tertiary/aromatic N) is 3. The number of hydrogen-bond acceptors (Lipinski definition) is 6. The Hall–Kier alpha value is -3.49. The molecule has 1 aliphatic heterocycles. The van der Waals surface area contributed by atoms with Gasteiger partial charge in [0.25, 0.3) is 0 Å². The summed E-state index contributed by atoms with van der Waals surface area (Å²) in [6.45, 7) is 6.14. The summed E-state index contributed by atoms with van der Waals surface area (Å²) in [4.78, 5) is 17.4. The fourth-order valence-corrected chi connectivity index (χ4v) is 4.03. The van der Waals surface area contributed by atoms with Crippen molar-refractivity contribution < 1.29 is 14.1 Å². The normalized spacial score (nSPS) is 16.4. The first-order valence-corrected chi connectivity index (χ1v) is 11.2. The summed E-state index contributed by atoms with van der Waals surface area (Å²) >= 11 is 0. The Balaban J connectivity index is 1.36. The van der Waals surface area contributed by atoms with Gasteiger partial charge in [-0.25, -0.2) is 4.98 Å². The molecular weight excluding hydrogens is 418 g/mol. The maximum Gasteiger partial charge on any atom is 0.231 e. The largest absolute Gasteiger partial charge is 0.378 e. The van der Waals surface area contributed by atoms with E-state index in [1.54, 1.807) is 6.07 Å². The second-order valence-corrected chi connectivity index (χ2v) is 8.54. The van der Waals surface area contributed by atoms with Crippen LogP contribution in [0.2, 0.25) is 0 Å². The Morgan fingerprint density at radius 3 is 2.76 bits per heavy atom. The van der Waals surface area contributed by atoms with E-state index in [2.05, 4.69) is 26.4 Å². The van der Waals surface area contributed by atoms with Crippen LogP contribution in [-0.2, 0) is 16.0 Å².